The Balaban J connectivity index is 2.96. The minimum Gasteiger partial charge on any atom is -0.387 e. The van der Waals surface area contributed by atoms with Crippen molar-refractivity contribution in [2.45, 2.75) is 20.0 Å². The van der Waals surface area contributed by atoms with Gasteiger partial charge in [-0.2, -0.15) is 0 Å². The summed E-state index contributed by atoms with van der Waals surface area (Å²) in [5.74, 6) is 2.40. The smallest absolute Gasteiger partial charge is 0.0927 e. The summed E-state index contributed by atoms with van der Waals surface area (Å²) in [7, 11) is 0. The average Bonchev–Trinajstić information content (AvgIpc) is 2.16. The number of aliphatic hydroxyl groups is 1. The zero-order valence-corrected chi connectivity index (χ0v) is 7.99. The molecule has 13 heavy (non-hydrogen) atoms. The fourth-order valence-corrected chi connectivity index (χ4v) is 1.28. The Labute approximate surface area is 79.4 Å². The molecule has 0 aliphatic rings. The van der Waals surface area contributed by atoms with E-state index in [4.69, 9.17) is 6.42 Å². The highest BCUT2D eigenvalue weighted by Crippen LogP contribution is 2.23. The van der Waals surface area contributed by atoms with Crippen LogP contribution in [0.1, 0.15) is 24.2 Å². The standard InChI is InChI=1S/C12H14O/c1-4-9(2)12(13)11-8-6-5-7-10(11)3/h1,5-9,12-13H,2-3H3/t9-,12-/m1/s1. The topological polar surface area (TPSA) is 20.2 Å². The van der Waals surface area contributed by atoms with Gasteiger partial charge >= 0.3 is 0 Å². The highest BCUT2D eigenvalue weighted by atomic mass is 16.3. The van der Waals surface area contributed by atoms with Gasteiger partial charge in [0.05, 0.1) is 6.10 Å². The predicted octanol–water partition coefficient (Wildman–Crippen LogP) is 2.30. The number of rotatable bonds is 2. The van der Waals surface area contributed by atoms with Gasteiger partial charge in [-0.25, -0.2) is 0 Å². The van der Waals surface area contributed by atoms with Crippen LogP contribution in [0.15, 0.2) is 24.3 Å². The van der Waals surface area contributed by atoms with Crippen molar-refractivity contribution >= 4 is 0 Å². The van der Waals surface area contributed by atoms with Crippen LogP contribution in [0.5, 0.6) is 0 Å². The van der Waals surface area contributed by atoms with Gasteiger partial charge in [-0.1, -0.05) is 24.3 Å². The van der Waals surface area contributed by atoms with E-state index in [1.54, 1.807) is 0 Å². The van der Waals surface area contributed by atoms with Crippen LogP contribution in [-0.2, 0) is 0 Å². The maximum atomic E-state index is 9.83. The molecule has 1 heteroatoms. The van der Waals surface area contributed by atoms with Crippen molar-refractivity contribution in [1.82, 2.24) is 0 Å². The quantitative estimate of drug-likeness (QED) is 0.682. The second-order valence-electron chi connectivity index (χ2n) is 3.26. The van der Waals surface area contributed by atoms with E-state index in [1.165, 1.54) is 0 Å². The van der Waals surface area contributed by atoms with Gasteiger partial charge in [0, 0.05) is 5.92 Å². The molecule has 0 saturated heterocycles. The zero-order chi connectivity index (χ0) is 9.84. The second kappa shape index (κ2) is 4.11. The lowest BCUT2D eigenvalue weighted by Gasteiger charge is -2.16. The maximum absolute atomic E-state index is 9.83. The lowest BCUT2D eigenvalue weighted by atomic mass is 9.95. The van der Waals surface area contributed by atoms with Crippen molar-refractivity contribution < 1.29 is 5.11 Å². The minimum absolute atomic E-state index is 0.138. The molecular weight excluding hydrogens is 160 g/mol. The van der Waals surface area contributed by atoms with E-state index in [0.29, 0.717) is 0 Å². The molecule has 1 N–H and O–H groups in total. The first-order valence-corrected chi connectivity index (χ1v) is 4.36. The van der Waals surface area contributed by atoms with E-state index in [-0.39, 0.29) is 5.92 Å². The van der Waals surface area contributed by atoms with Crippen LogP contribution in [0.3, 0.4) is 0 Å². The summed E-state index contributed by atoms with van der Waals surface area (Å²) in [5, 5.41) is 9.83. The lowest BCUT2D eigenvalue weighted by Crippen LogP contribution is -2.08. The van der Waals surface area contributed by atoms with Gasteiger partial charge in [0.2, 0.25) is 0 Å². The van der Waals surface area contributed by atoms with Gasteiger partial charge in [0.25, 0.3) is 0 Å². The van der Waals surface area contributed by atoms with Crippen molar-refractivity contribution in [1.29, 1.82) is 0 Å². The third-order valence-electron chi connectivity index (χ3n) is 2.24. The van der Waals surface area contributed by atoms with Crippen LogP contribution in [0.4, 0.5) is 0 Å². The Morgan fingerprint density at radius 2 is 2.00 bits per heavy atom. The van der Waals surface area contributed by atoms with Gasteiger partial charge in [-0.3, -0.25) is 0 Å². The van der Waals surface area contributed by atoms with E-state index in [0.717, 1.165) is 11.1 Å². The molecule has 0 radical (unpaired) electrons. The summed E-state index contributed by atoms with van der Waals surface area (Å²) in [5.41, 5.74) is 2.00. The molecular formula is C12H14O. The Bertz CT molecular complexity index is 322. The number of terminal acetylenes is 1. The lowest BCUT2D eigenvalue weighted by molar-refractivity contribution is 0.143. The first kappa shape index (κ1) is 9.83. The molecule has 1 nitrogen and oxygen atoms in total. The summed E-state index contributed by atoms with van der Waals surface area (Å²) >= 11 is 0. The van der Waals surface area contributed by atoms with E-state index in [2.05, 4.69) is 5.92 Å². The molecule has 0 aliphatic carbocycles. The van der Waals surface area contributed by atoms with Crippen molar-refractivity contribution in [2.75, 3.05) is 0 Å². The van der Waals surface area contributed by atoms with Crippen LogP contribution in [0, 0.1) is 25.2 Å². The predicted molar refractivity (Wildman–Crippen MR) is 54.1 cm³/mol. The fraction of sp³-hybridized carbons (Fsp3) is 0.333. The van der Waals surface area contributed by atoms with Crippen molar-refractivity contribution in [3.63, 3.8) is 0 Å². The van der Waals surface area contributed by atoms with Gasteiger partial charge in [0.1, 0.15) is 0 Å². The van der Waals surface area contributed by atoms with Gasteiger partial charge in [-0.05, 0) is 25.0 Å². The van der Waals surface area contributed by atoms with Crippen molar-refractivity contribution in [3.8, 4) is 12.3 Å². The largest absolute Gasteiger partial charge is 0.387 e. The van der Waals surface area contributed by atoms with Crippen LogP contribution in [0.2, 0.25) is 0 Å². The Hall–Kier alpha value is -1.26. The summed E-state index contributed by atoms with van der Waals surface area (Å²) in [6, 6.07) is 7.75. The van der Waals surface area contributed by atoms with Gasteiger partial charge in [-0.15, -0.1) is 12.3 Å². The molecule has 0 unspecified atom stereocenters. The van der Waals surface area contributed by atoms with E-state index in [1.807, 2.05) is 38.1 Å². The normalized spacial score (nSPS) is 14.6. The maximum Gasteiger partial charge on any atom is 0.0927 e. The molecule has 0 fully saturated rings. The molecule has 1 aromatic rings. The average molecular weight is 174 g/mol. The van der Waals surface area contributed by atoms with Crippen LogP contribution in [-0.4, -0.2) is 5.11 Å². The van der Waals surface area contributed by atoms with E-state index in [9.17, 15) is 5.11 Å². The SMILES string of the molecule is C#C[C@@H](C)[C@@H](O)c1ccccc1C. The summed E-state index contributed by atoms with van der Waals surface area (Å²) < 4.78 is 0. The number of aliphatic hydroxyl groups excluding tert-OH is 1. The number of hydrogen-bond acceptors (Lipinski definition) is 1. The number of aryl methyl sites for hydroxylation is 1. The summed E-state index contributed by atoms with van der Waals surface area (Å²) in [6.45, 7) is 3.82. The van der Waals surface area contributed by atoms with E-state index >= 15 is 0 Å². The molecule has 0 spiro atoms. The molecule has 68 valence electrons. The molecule has 0 heterocycles. The first-order chi connectivity index (χ1) is 6.16. The van der Waals surface area contributed by atoms with Crippen LogP contribution >= 0.6 is 0 Å². The molecule has 0 bridgehead atoms. The number of benzene rings is 1. The molecule has 1 rings (SSSR count). The van der Waals surface area contributed by atoms with Gasteiger partial charge < -0.3 is 5.11 Å². The Morgan fingerprint density at radius 3 is 2.54 bits per heavy atom. The van der Waals surface area contributed by atoms with Crippen molar-refractivity contribution in [2.24, 2.45) is 5.92 Å². The minimum atomic E-state index is -0.550. The molecule has 2 atom stereocenters. The molecule has 1 aromatic carbocycles. The third-order valence-corrected chi connectivity index (χ3v) is 2.24. The third kappa shape index (κ3) is 2.11. The molecule has 0 saturated carbocycles. The summed E-state index contributed by atoms with van der Waals surface area (Å²) in [6.07, 6.45) is 4.70. The highest BCUT2D eigenvalue weighted by Gasteiger charge is 2.15. The molecule has 0 aromatic heterocycles. The second-order valence-corrected chi connectivity index (χ2v) is 3.26. The monoisotopic (exact) mass is 174 g/mol. The zero-order valence-electron chi connectivity index (χ0n) is 7.99. The van der Waals surface area contributed by atoms with Crippen LogP contribution in [0.25, 0.3) is 0 Å². The first-order valence-electron chi connectivity index (χ1n) is 4.36. The molecule has 0 amide bonds. The van der Waals surface area contributed by atoms with E-state index < -0.39 is 6.10 Å². The summed E-state index contributed by atoms with van der Waals surface area (Å²) in [4.78, 5) is 0. The highest BCUT2D eigenvalue weighted by molar-refractivity contribution is 5.29. The molecule has 0 aliphatic heterocycles. The van der Waals surface area contributed by atoms with Crippen LogP contribution < -0.4 is 0 Å². The fourth-order valence-electron chi connectivity index (χ4n) is 1.28. The van der Waals surface area contributed by atoms with Crippen molar-refractivity contribution in [3.05, 3.63) is 35.4 Å². The van der Waals surface area contributed by atoms with Gasteiger partial charge in [0.15, 0.2) is 0 Å². The number of hydrogen-bond donors (Lipinski definition) is 1. The Kier molecular flexibility index (Phi) is 3.11. The Morgan fingerprint density at radius 1 is 1.38 bits per heavy atom.